The highest BCUT2D eigenvalue weighted by molar-refractivity contribution is 6.33. The van der Waals surface area contributed by atoms with Crippen molar-refractivity contribution in [2.24, 2.45) is 0 Å². The Hall–Kier alpha value is -2.33. The molecule has 100 valence electrons. The van der Waals surface area contributed by atoms with Crippen molar-refractivity contribution in [3.63, 3.8) is 0 Å². The van der Waals surface area contributed by atoms with E-state index in [-0.39, 0.29) is 10.9 Å². The maximum absolute atomic E-state index is 12.9. The zero-order valence-corrected chi connectivity index (χ0v) is 11.0. The molecule has 0 saturated carbocycles. The number of hydrogen-bond donors (Lipinski definition) is 2. The van der Waals surface area contributed by atoms with E-state index >= 15 is 0 Å². The quantitative estimate of drug-likeness (QED) is 0.729. The monoisotopic (exact) mass is 288 g/mol. The summed E-state index contributed by atoms with van der Waals surface area (Å²) in [7, 11) is 0. The zero-order chi connectivity index (χ0) is 14.1. The van der Waals surface area contributed by atoms with E-state index in [4.69, 9.17) is 11.6 Å². The summed E-state index contributed by atoms with van der Waals surface area (Å²) < 4.78 is 12.9. The molecule has 0 atom stereocenters. The molecule has 20 heavy (non-hydrogen) atoms. The van der Waals surface area contributed by atoms with Gasteiger partial charge < -0.3 is 10.3 Å². The Morgan fingerprint density at radius 2 is 2.00 bits per heavy atom. The molecule has 5 heteroatoms. The largest absolute Gasteiger partial charge is 0.361 e. The van der Waals surface area contributed by atoms with Crippen LogP contribution >= 0.6 is 11.6 Å². The second-order valence-corrected chi connectivity index (χ2v) is 4.77. The Morgan fingerprint density at radius 3 is 2.80 bits per heavy atom. The first-order valence-corrected chi connectivity index (χ1v) is 6.35. The molecule has 1 aromatic heterocycles. The summed E-state index contributed by atoms with van der Waals surface area (Å²) in [5.41, 5.74) is 1.85. The van der Waals surface area contributed by atoms with Gasteiger partial charge in [0.15, 0.2) is 0 Å². The number of H-pyrrole nitrogens is 1. The van der Waals surface area contributed by atoms with Crippen LogP contribution in [0.15, 0.2) is 48.7 Å². The minimum atomic E-state index is -0.443. The summed E-state index contributed by atoms with van der Waals surface area (Å²) in [4.78, 5) is 15.2. The maximum Gasteiger partial charge on any atom is 0.255 e. The molecule has 1 amide bonds. The molecule has 0 aliphatic rings. The van der Waals surface area contributed by atoms with Crippen LogP contribution in [0.3, 0.4) is 0 Å². The second-order valence-electron chi connectivity index (χ2n) is 4.36. The van der Waals surface area contributed by atoms with E-state index in [0.29, 0.717) is 11.3 Å². The van der Waals surface area contributed by atoms with Crippen LogP contribution < -0.4 is 5.32 Å². The summed E-state index contributed by atoms with van der Waals surface area (Å²) in [6, 6.07) is 11.0. The van der Waals surface area contributed by atoms with E-state index < -0.39 is 5.82 Å². The van der Waals surface area contributed by atoms with Gasteiger partial charge in [-0.25, -0.2) is 4.39 Å². The minimum Gasteiger partial charge on any atom is -0.361 e. The van der Waals surface area contributed by atoms with Crippen molar-refractivity contribution in [2.45, 2.75) is 0 Å². The molecular weight excluding hydrogens is 279 g/mol. The Labute approximate surface area is 119 Å². The third-order valence-electron chi connectivity index (χ3n) is 2.99. The molecule has 3 aromatic rings. The molecule has 0 spiro atoms. The third-order valence-corrected chi connectivity index (χ3v) is 3.31. The number of hydrogen-bond acceptors (Lipinski definition) is 1. The summed E-state index contributed by atoms with van der Waals surface area (Å²) in [6.07, 6.45) is 1.81. The maximum atomic E-state index is 12.9. The first-order chi connectivity index (χ1) is 9.63. The molecule has 0 bridgehead atoms. The lowest BCUT2D eigenvalue weighted by Crippen LogP contribution is -2.12. The lowest BCUT2D eigenvalue weighted by molar-refractivity contribution is 0.102. The highest BCUT2D eigenvalue weighted by Crippen LogP contribution is 2.23. The molecular formula is C15H10ClFN2O. The highest BCUT2D eigenvalue weighted by Gasteiger charge is 2.10. The lowest BCUT2D eigenvalue weighted by Gasteiger charge is -2.07. The molecule has 2 aromatic carbocycles. The standard InChI is InChI=1S/C15H10ClFN2O/c16-12-8-11(17)2-4-14(12)19-15(20)10-1-3-13-9(7-10)5-6-18-13/h1-8,18H,(H,19,20). The van der Waals surface area contributed by atoms with E-state index in [1.807, 2.05) is 18.3 Å². The van der Waals surface area contributed by atoms with Crippen LogP contribution in [0, 0.1) is 5.82 Å². The number of halogens is 2. The average molecular weight is 289 g/mol. The van der Waals surface area contributed by atoms with Crippen molar-refractivity contribution in [2.75, 3.05) is 5.32 Å². The van der Waals surface area contributed by atoms with Crippen LogP contribution in [0.1, 0.15) is 10.4 Å². The fraction of sp³-hybridized carbons (Fsp3) is 0. The highest BCUT2D eigenvalue weighted by atomic mass is 35.5. The molecule has 0 fully saturated rings. The molecule has 2 N–H and O–H groups in total. The molecule has 0 aliphatic carbocycles. The molecule has 0 radical (unpaired) electrons. The van der Waals surface area contributed by atoms with Gasteiger partial charge in [0, 0.05) is 22.7 Å². The molecule has 0 saturated heterocycles. The van der Waals surface area contributed by atoms with Gasteiger partial charge in [0.2, 0.25) is 0 Å². The van der Waals surface area contributed by atoms with Gasteiger partial charge in [0.05, 0.1) is 10.7 Å². The van der Waals surface area contributed by atoms with Crippen molar-refractivity contribution < 1.29 is 9.18 Å². The predicted molar refractivity (Wildman–Crippen MR) is 77.7 cm³/mol. The SMILES string of the molecule is O=C(Nc1ccc(F)cc1Cl)c1ccc2[nH]ccc2c1. The first-order valence-electron chi connectivity index (χ1n) is 5.97. The van der Waals surface area contributed by atoms with Gasteiger partial charge in [-0.1, -0.05) is 11.6 Å². The van der Waals surface area contributed by atoms with Crippen molar-refractivity contribution in [1.82, 2.24) is 4.98 Å². The number of carbonyl (C=O) groups excluding carboxylic acids is 1. The number of benzene rings is 2. The smallest absolute Gasteiger partial charge is 0.255 e. The summed E-state index contributed by atoms with van der Waals surface area (Å²) in [6.45, 7) is 0. The van der Waals surface area contributed by atoms with E-state index in [9.17, 15) is 9.18 Å². The van der Waals surface area contributed by atoms with Gasteiger partial charge in [0.25, 0.3) is 5.91 Å². The topological polar surface area (TPSA) is 44.9 Å². The average Bonchev–Trinajstić information content (AvgIpc) is 2.89. The van der Waals surface area contributed by atoms with Gasteiger partial charge >= 0.3 is 0 Å². The Bertz CT molecular complexity index is 797. The predicted octanol–water partition coefficient (Wildman–Crippen LogP) is 4.21. The van der Waals surface area contributed by atoms with Crippen molar-refractivity contribution in [3.8, 4) is 0 Å². The van der Waals surface area contributed by atoms with Crippen LogP contribution in [0.25, 0.3) is 10.9 Å². The van der Waals surface area contributed by atoms with Gasteiger partial charge in [0.1, 0.15) is 5.82 Å². The second kappa shape index (κ2) is 4.98. The number of aromatic amines is 1. The van der Waals surface area contributed by atoms with Crippen LogP contribution in [0.5, 0.6) is 0 Å². The number of amides is 1. The van der Waals surface area contributed by atoms with E-state index in [2.05, 4.69) is 10.3 Å². The Kier molecular flexibility index (Phi) is 3.16. The molecule has 3 rings (SSSR count). The zero-order valence-electron chi connectivity index (χ0n) is 10.3. The summed E-state index contributed by atoms with van der Waals surface area (Å²) >= 11 is 5.88. The van der Waals surface area contributed by atoms with Crippen LogP contribution in [-0.2, 0) is 0 Å². The molecule has 3 nitrogen and oxygen atoms in total. The van der Waals surface area contributed by atoms with Crippen molar-refractivity contribution in [3.05, 3.63) is 65.1 Å². The fourth-order valence-corrected chi connectivity index (χ4v) is 2.19. The summed E-state index contributed by atoms with van der Waals surface area (Å²) in [5.74, 6) is -0.733. The Morgan fingerprint density at radius 1 is 1.15 bits per heavy atom. The van der Waals surface area contributed by atoms with Gasteiger partial charge in [-0.05, 0) is 42.5 Å². The van der Waals surface area contributed by atoms with E-state index in [0.717, 1.165) is 17.0 Å². The van der Waals surface area contributed by atoms with Gasteiger partial charge in [-0.3, -0.25) is 4.79 Å². The first kappa shape index (κ1) is 12.7. The third kappa shape index (κ3) is 2.38. The van der Waals surface area contributed by atoms with Gasteiger partial charge in [-0.15, -0.1) is 0 Å². The van der Waals surface area contributed by atoms with Crippen molar-refractivity contribution in [1.29, 1.82) is 0 Å². The van der Waals surface area contributed by atoms with Crippen LogP contribution in [0.2, 0.25) is 5.02 Å². The number of anilines is 1. The summed E-state index contributed by atoms with van der Waals surface area (Å²) in [5, 5.41) is 3.78. The van der Waals surface area contributed by atoms with Crippen molar-refractivity contribution >= 4 is 34.1 Å². The number of aromatic nitrogens is 1. The molecule has 0 unspecified atom stereocenters. The van der Waals surface area contributed by atoms with Crippen LogP contribution in [-0.4, -0.2) is 10.9 Å². The number of carbonyl (C=O) groups is 1. The van der Waals surface area contributed by atoms with E-state index in [1.165, 1.54) is 12.1 Å². The molecule has 1 heterocycles. The number of nitrogens with one attached hydrogen (secondary N) is 2. The van der Waals surface area contributed by atoms with Gasteiger partial charge in [-0.2, -0.15) is 0 Å². The lowest BCUT2D eigenvalue weighted by atomic mass is 10.1. The molecule has 0 aliphatic heterocycles. The van der Waals surface area contributed by atoms with E-state index in [1.54, 1.807) is 12.1 Å². The van der Waals surface area contributed by atoms with Crippen LogP contribution in [0.4, 0.5) is 10.1 Å². The minimum absolute atomic E-state index is 0.168. The Balaban J connectivity index is 1.88. The number of fused-ring (bicyclic) bond motifs is 1. The normalized spacial score (nSPS) is 10.7. The number of rotatable bonds is 2. The fourth-order valence-electron chi connectivity index (χ4n) is 1.98.